The van der Waals surface area contributed by atoms with Crippen LogP contribution in [-0.2, 0) is 11.3 Å². The lowest BCUT2D eigenvalue weighted by molar-refractivity contribution is 0.0955. The molecule has 3 heterocycles. The molecule has 1 fully saturated rings. The molecule has 0 aliphatic carbocycles. The van der Waals surface area contributed by atoms with Gasteiger partial charge in [-0.1, -0.05) is 34.1 Å². The van der Waals surface area contributed by atoms with Gasteiger partial charge >= 0.3 is 0 Å². The van der Waals surface area contributed by atoms with Gasteiger partial charge in [-0.15, -0.1) is 0 Å². The summed E-state index contributed by atoms with van der Waals surface area (Å²) in [6.45, 7) is 3.08. The van der Waals surface area contributed by atoms with Crippen LogP contribution in [0.5, 0.6) is 5.75 Å². The average molecular weight is 442 g/mol. The SMILES string of the molecule is Cc1cc2c(c(=O)n1C[C@H]1CCCO1)[C@H](c1ccccc1Br)C(C#N)=C(N)O2. The molecule has 1 aromatic heterocycles. The molecule has 1 aromatic carbocycles. The van der Waals surface area contributed by atoms with E-state index >= 15 is 0 Å². The van der Waals surface area contributed by atoms with Crippen molar-refractivity contribution in [3.05, 3.63) is 73.4 Å². The van der Waals surface area contributed by atoms with Crippen molar-refractivity contribution in [1.29, 1.82) is 5.26 Å². The first kappa shape index (κ1) is 18.8. The van der Waals surface area contributed by atoms with E-state index in [0.29, 0.717) is 17.9 Å². The van der Waals surface area contributed by atoms with Gasteiger partial charge in [-0.3, -0.25) is 4.79 Å². The molecule has 6 nitrogen and oxygen atoms in total. The summed E-state index contributed by atoms with van der Waals surface area (Å²) in [5.74, 6) is -0.150. The minimum absolute atomic E-state index is 0.0249. The second-order valence-electron chi connectivity index (χ2n) is 7.06. The van der Waals surface area contributed by atoms with Crippen molar-refractivity contribution in [1.82, 2.24) is 4.57 Å². The topological polar surface area (TPSA) is 90.3 Å². The number of nitrogens with two attached hydrogens (primary N) is 1. The van der Waals surface area contributed by atoms with Crippen molar-refractivity contribution < 1.29 is 9.47 Å². The van der Waals surface area contributed by atoms with Gasteiger partial charge in [0, 0.05) is 22.8 Å². The van der Waals surface area contributed by atoms with Gasteiger partial charge in [0.05, 0.1) is 24.1 Å². The summed E-state index contributed by atoms with van der Waals surface area (Å²) in [5.41, 5.74) is 8.12. The first-order valence-electron chi connectivity index (χ1n) is 9.19. The first-order valence-corrected chi connectivity index (χ1v) is 9.98. The number of nitriles is 1. The molecule has 0 amide bonds. The fraction of sp³-hybridized carbons (Fsp3) is 0.333. The van der Waals surface area contributed by atoms with E-state index in [9.17, 15) is 10.1 Å². The van der Waals surface area contributed by atoms with E-state index in [-0.39, 0.29) is 23.1 Å². The van der Waals surface area contributed by atoms with Crippen molar-refractivity contribution in [3.63, 3.8) is 0 Å². The number of allylic oxidation sites excluding steroid dienone is 1. The maximum atomic E-state index is 13.5. The van der Waals surface area contributed by atoms with Crippen LogP contribution in [0.4, 0.5) is 0 Å². The van der Waals surface area contributed by atoms with E-state index in [4.69, 9.17) is 15.2 Å². The number of pyridine rings is 1. The van der Waals surface area contributed by atoms with Crippen LogP contribution in [0, 0.1) is 18.3 Å². The Kier molecular flexibility index (Phi) is 5.00. The Labute approximate surface area is 171 Å². The van der Waals surface area contributed by atoms with Crippen LogP contribution in [-0.4, -0.2) is 17.3 Å². The molecule has 2 N–H and O–H groups in total. The highest BCUT2D eigenvalue weighted by Crippen LogP contribution is 2.42. The fourth-order valence-electron chi connectivity index (χ4n) is 3.93. The van der Waals surface area contributed by atoms with Gasteiger partial charge in [0.25, 0.3) is 5.56 Å². The van der Waals surface area contributed by atoms with E-state index in [1.165, 1.54) is 0 Å². The minimum atomic E-state index is -0.590. The normalized spacial score (nSPS) is 21.2. The van der Waals surface area contributed by atoms with Crippen LogP contribution in [0.2, 0.25) is 0 Å². The zero-order valence-corrected chi connectivity index (χ0v) is 17.0. The van der Waals surface area contributed by atoms with Gasteiger partial charge in [0.2, 0.25) is 5.88 Å². The number of nitrogens with zero attached hydrogens (tertiary/aromatic N) is 2. The van der Waals surface area contributed by atoms with E-state index in [1.807, 2.05) is 37.3 Å². The fourth-order valence-corrected chi connectivity index (χ4v) is 4.44. The number of aromatic nitrogens is 1. The van der Waals surface area contributed by atoms with Gasteiger partial charge in [-0.2, -0.15) is 5.26 Å². The molecular formula is C21H20BrN3O3. The Bertz CT molecular complexity index is 1060. The number of rotatable bonds is 3. The Hall–Kier alpha value is -2.56. The quantitative estimate of drug-likeness (QED) is 0.788. The summed E-state index contributed by atoms with van der Waals surface area (Å²) in [4.78, 5) is 13.5. The molecule has 4 rings (SSSR count). The summed E-state index contributed by atoms with van der Waals surface area (Å²) >= 11 is 3.55. The summed E-state index contributed by atoms with van der Waals surface area (Å²) in [5, 5.41) is 9.74. The number of hydrogen-bond donors (Lipinski definition) is 1. The number of benzene rings is 1. The molecular weight excluding hydrogens is 422 g/mol. The predicted octanol–water partition coefficient (Wildman–Crippen LogP) is 3.32. The molecule has 0 saturated carbocycles. The van der Waals surface area contributed by atoms with Crippen LogP contribution in [0.15, 0.2) is 51.1 Å². The lowest BCUT2D eigenvalue weighted by Crippen LogP contribution is -2.35. The standard InChI is InChI=1S/C21H20BrN3O3/c1-12-9-17-19(21(26)25(12)11-13-5-4-8-27-13)18(15(10-23)20(24)28-17)14-6-2-3-7-16(14)22/h2-3,6-7,9,13,18H,4-5,8,11,24H2,1H3/t13-,18-/m1/s1. The molecule has 2 aliphatic rings. The largest absolute Gasteiger partial charge is 0.440 e. The molecule has 144 valence electrons. The van der Waals surface area contributed by atoms with Crippen molar-refractivity contribution in [2.45, 2.75) is 38.3 Å². The maximum Gasteiger partial charge on any atom is 0.258 e. The second kappa shape index (κ2) is 7.46. The Morgan fingerprint density at radius 2 is 2.18 bits per heavy atom. The van der Waals surface area contributed by atoms with Crippen LogP contribution >= 0.6 is 15.9 Å². The summed E-state index contributed by atoms with van der Waals surface area (Å²) in [6.07, 6.45) is 1.96. The monoisotopic (exact) mass is 441 g/mol. The van der Waals surface area contributed by atoms with E-state index in [0.717, 1.165) is 35.2 Å². The molecule has 0 unspecified atom stereocenters. The van der Waals surface area contributed by atoms with Crippen LogP contribution < -0.4 is 16.0 Å². The third-order valence-corrected chi connectivity index (χ3v) is 6.04. The number of ether oxygens (including phenoxy) is 2. The third-order valence-electron chi connectivity index (χ3n) is 5.32. The van der Waals surface area contributed by atoms with Crippen LogP contribution in [0.1, 0.15) is 35.6 Å². The molecule has 0 radical (unpaired) electrons. The summed E-state index contributed by atoms with van der Waals surface area (Å²) < 4.78 is 13.9. The highest BCUT2D eigenvalue weighted by atomic mass is 79.9. The number of hydrogen-bond acceptors (Lipinski definition) is 5. The first-order chi connectivity index (χ1) is 13.5. The molecule has 1 saturated heterocycles. The highest BCUT2D eigenvalue weighted by molar-refractivity contribution is 9.10. The number of aryl methyl sites for hydroxylation is 1. The van der Waals surface area contributed by atoms with E-state index < -0.39 is 5.92 Å². The average Bonchev–Trinajstić information content (AvgIpc) is 3.18. The lowest BCUT2D eigenvalue weighted by atomic mass is 9.84. The Morgan fingerprint density at radius 3 is 2.86 bits per heavy atom. The molecule has 0 bridgehead atoms. The summed E-state index contributed by atoms with van der Waals surface area (Å²) in [6, 6.07) is 11.5. The third kappa shape index (κ3) is 3.13. The molecule has 2 atom stereocenters. The van der Waals surface area contributed by atoms with Gasteiger partial charge < -0.3 is 19.8 Å². The second-order valence-corrected chi connectivity index (χ2v) is 7.92. The Balaban J connectivity index is 1.92. The maximum absolute atomic E-state index is 13.5. The zero-order valence-electron chi connectivity index (χ0n) is 15.4. The highest BCUT2D eigenvalue weighted by Gasteiger charge is 2.35. The Morgan fingerprint density at radius 1 is 1.39 bits per heavy atom. The zero-order chi connectivity index (χ0) is 19.8. The van der Waals surface area contributed by atoms with E-state index in [1.54, 1.807) is 4.57 Å². The number of halogens is 1. The minimum Gasteiger partial charge on any atom is -0.440 e. The molecule has 2 aliphatic heterocycles. The van der Waals surface area contributed by atoms with Crippen molar-refractivity contribution in [2.75, 3.05) is 6.61 Å². The number of fused-ring (bicyclic) bond motifs is 1. The van der Waals surface area contributed by atoms with Gasteiger partial charge in [-0.25, -0.2) is 0 Å². The van der Waals surface area contributed by atoms with Gasteiger partial charge in [0.15, 0.2) is 0 Å². The lowest BCUT2D eigenvalue weighted by Gasteiger charge is -2.28. The molecule has 2 aromatic rings. The van der Waals surface area contributed by atoms with Gasteiger partial charge in [0.1, 0.15) is 17.4 Å². The molecule has 0 spiro atoms. The van der Waals surface area contributed by atoms with Crippen LogP contribution in [0.3, 0.4) is 0 Å². The van der Waals surface area contributed by atoms with Crippen molar-refractivity contribution >= 4 is 15.9 Å². The van der Waals surface area contributed by atoms with Crippen LogP contribution in [0.25, 0.3) is 0 Å². The smallest absolute Gasteiger partial charge is 0.258 e. The summed E-state index contributed by atoms with van der Waals surface area (Å²) in [7, 11) is 0. The van der Waals surface area contributed by atoms with Gasteiger partial charge in [-0.05, 0) is 31.4 Å². The van der Waals surface area contributed by atoms with E-state index in [2.05, 4.69) is 22.0 Å². The molecule has 28 heavy (non-hydrogen) atoms. The molecule has 7 heteroatoms. The predicted molar refractivity (Wildman–Crippen MR) is 108 cm³/mol. The van der Waals surface area contributed by atoms with Crippen molar-refractivity contribution in [2.24, 2.45) is 5.73 Å². The van der Waals surface area contributed by atoms with Crippen molar-refractivity contribution in [3.8, 4) is 11.8 Å².